The normalized spacial score (nSPS) is 19.0. The standard InChI is InChI=1S/C17H21F3N4O2/c18-17(19,20)13-4-3-12(14(21)25)15(22-13)23-9-5-11(6-10-23)16(26)24-7-1-2-8-24/h3-4,11H,1-2,5-10H2,(H2,21,25). The first-order valence-corrected chi connectivity index (χ1v) is 8.69. The predicted octanol–water partition coefficient (Wildman–Crippen LogP) is 2.04. The number of pyridine rings is 1. The second kappa shape index (κ2) is 7.13. The maximum absolute atomic E-state index is 13.0. The van der Waals surface area contributed by atoms with Crippen LogP contribution in [0.3, 0.4) is 0 Å². The Balaban J connectivity index is 1.75. The number of piperidine rings is 1. The molecule has 1 aromatic heterocycles. The van der Waals surface area contributed by atoms with E-state index >= 15 is 0 Å². The lowest BCUT2D eigenvalue weighted by atomic mass is 9.95. The monoisotopic (exact) mass is 370 g/mol. The topological polar surface area (TPSA) is 79.5 Å². The highest BCUT2D eigenvalue weighted by molar-refractivity contribution is 5.97. The maximum atomic E-state index is 13.0. The summed E-state index contributed by atoms with van der Waals surface area (Å²) in [5.41, 5.74) is 4.19. The van der Waals surface area contributed by atoms with Gasteiger partial charge in [-0.25, -0.2) is 4.98 Å². The van der Waals surface area contributed by atoms with Crippen molar-refractivity contribution in [2.24, 2.45) is 11.7 Å². The average Bonchev–Trinajstić information content (AvgIpc) is 3.14. The summed E-state index contributed by atoms with van der Waals surface area (Å²) in [6.45, 7) is 2.28. The number of likely N-dealkylation sites (tertiary alicyclic amines) is 1. The first kappa shape index (κ1) is 18.5. The third kappa shape index (κ3) is 3.76. The lowest BCUT2D eigenvalue weighted by Crippen LogP contribution is -2.42. The molecule has 2 aliphatic heterocycles. The minimum absolute atomic E-state index is 0.0395. The number of anilines is 1. The van der Waals surface area contributed by atoms with Crippen molar-refractivity contribution < 1.29 is 22.8 Å². The molecule has 0 spiro atoms. The van der Waals surface area contributed by atoms with Crippen LogP contribution in [-0.2, 0) is 11.0 Å². The summed E-state index contributed by atoms with van der Waals surface area (Å²) >= 11 is 0. The Morgan fingerprint density at radius 3 is 2.23 bits per heavy atom. The van der Waals surface area contributed by atoms with E-state index in [-0.39, 0.29) is 23.2 Å². The van der Waals surface area contributed by atoms with Gasteiger partial charge in [0.05, 0.1) is 5.56 Å². The second-order valence-corrected chi connectivity index (χ2v) is 6.72. The number of primary amides is 1. The van der Waals surface area contributed by atoms with Crippen LogP contribution in [-0.4, -0.2) is 47.9 Å². The van der Waals surface area contributed by atoms with Crippen molar-refractivity contribution in [2.75, 3.05) is 31.1 Å². The molecule has 3 heterocycles. The van der Waals surface area contributed by atoms with E-state index in [0.29, 0.717) is 25.9 Å². The van der Waals surface area contributed by atoms with Crippen molar-refractivity contribution in [2.45, 2.75) is 31.9 Å². The molecule has 26 heavy (non-hydrogen) atoms. The van der Waals surface area contributed by atoms with Crippen molar-refractivity contribution in [1.82, 2.24) is 9.88 Å². The van der Waals surface area contributed by atoms with Crippen LogP contribution in [0, 0.1) is 5.92 Å². The number of rotatable bonds is 3. The Bertz CT molecular complexity index is 694. The van der Waals surface area contributed by atoms with Crippen LogP contribution in [0.2, 0.25) is 0 Å². The minimum Gasteiger partial charge on any atom is -0.365 e. The Morgan fingerprint density at radius 2 is 1.69 bits per heavy atom. The molecule has 0 unspecified atom stereocenters. The van der Waals surface area contributed by atoms with Gasteiger partial charge in [0.2, 0.25) is 5.91 Å². The fraction of sp³-hybridized carbons (Fsp3) is 0.588. The van der Waals surface area contributed by atoms with E-state index < -0.39 is 17.8 Å². The van der Waals surface area contributed by atoms with E-state index in [4.69, 9.17) is 5.73 Å². The van der Waals surface area contributed by atoms with E-state index in [1.807, 2.05) is 4.90 Å². The number of halogens is 3. The van der Waals surface area contributed by atoms with Gasteiger partial charge in [-0.3, -0.25) is 9.59 Å². The van der Waals surface area contributed by atoms with Crippen LogP contribution in [0.1, 0.15) is 41.7 Å². The molecule has 0 aromatic carbocycles. The number of alkyl halides is 3. The smallest absolute Gasteiger partial charge is 0.365 e. The van der Waals surface area contributed by atoms with Crippen LogP contribution in [0.5, 0.6) is 0 Å². The second-order valence-electron chi connectivity index (χ2n) is 6.72. The third-order valence-corrected chi connectivity index (χ3v) is 4.99. The van der Waals surface area contributed by atoms with Crippen molar-refractivity contribution in [1.29, 1.82) is 0 Å². The summed E-state index contributed by atoms with van der Waals surface area (Å²) in [7, 11) is 0. The summed E-state index contributed by atoms with van der Waals surface area (Å²) in [4.78, 5) is 31.2. The molecule has 0 saturated carbocycles. The summed E-state index contributed by atoms with van der Waals surface area (Å²) in [6.07, 6.45) is -1.53. The molecule has 1 aromatic rings. The largest absolute Gasteiger partial charge is 0.433 e. The predicted molar refractivity (Wildman–Crippen MR) is 88.5 cm³/mol. The molecule has 3 rings (SSSR count). The first-order chi connectivity index (χ1) is 12.3. The van der Waals surface area contributed by atoms with E-state index in [1.54, 1.807) is 4.90 Å². The molecule has 6 nitrogen and oxygen atoms in total. The molecular weight excluding hydrogens is 349 g/mol. The van der Waals surface area contributed by atoms with Gasteiger partial charge in [-0.1, -0.05) is 0 Å². The quantitative estimate of drug-likeness (QED) is 0.883. The van der Waals surface area contributed by atoms with Gasteiger partial charge in [-0.2, -0.15) is 13.2 Å². The lowest BCUT2D eigenvalue weighted by Gasteiger charge is -2.34. The van der Waals surface area contributed by atoms with Crippen molar-refractivity contribution in [3.63, 3.8) is 0 Å². The van der Waals surface area contributed by atoms with Gasteiger partial charge in [0.15, 0.2) is 0 Å². The number of amides is 2. The minimum atomic E-state index is -4.60. The van der Waals surface area contributed by atoms with Gasteiger partial charge in [0, 0.05) is 32.1 Å². The number of carbonyl (C=O) groups excluding carboxylic acids is 2. The summed E-state index contributed by atoms with van der Waals surface area (Å²) in [6, 6.07) is 1.82. The maximum Gasteiger partial charge on any atom is 0.433 e. The van der Waals surface area contributed by atoms with Crippen LogP contribution < -0.4 is 10.6 Å². The van der Waals surface area contributed by atoms with Crippen molar-refractivity contribution in [3.05, 3.63) is 23.4 Å². The van der Waals surface area contributed by atoms with E-state index in [2.05, 4.69) is 4.98 Å². The highest BCUT2D eigenvalue weighted by Crippen LogP contribution is 2.32. The van der Waals surface area contributed by atoms with Crippen molar-refractivity contribution in [3.8, 4) is 0 Å². The van der Waals surface area contributed by atoms with E-state index in [9.17, 15) is 22.8 Å². The summed E-state index contributed by atoms with van der Waals surface area (Å²) in [5, 5.41) is 0. The number of hydrogen-bond acceptors (Lipinski definition) is 4. The highest BCUT2D eigenvalue weighted by atomic mass is 19.4. The highest BCUT2D eigenvalue weighted by Gasteiger charge is 2.35. The molecule has 0 aliphatic carbocycles. The summed E-state index contributed by atoms with van der Waals surface area (Å²) in [5.74, 6) is -0.891. The summed E-state index contributed by atoms with van der Waals surface area (Å²) < 4.78 is 38.9. The Labute approximate surface area is 149 Å². The van der Waals surface area contributed by atoms with E-state index in [0.717, 1.165) is 38.1 Å². The van der Waals surface area contributed by atoms with Gasteiger partial charge in [-0.05, 0) is 37.8 Å². The van der Waals surface area contributed by atoms with Crippen LogP contribution in [0.4, 0.5) is 19.0 Å². The Hall–Kier alpha value is -2.32. The molecule has 0 radical (unpaired) electrons. The fourth-order valence-corrected chi connectivity index (χ4v) is 3.57. The molecule has 2 aliphatic rings. The molecule has 2 N–H and O–H groups in total. The van der Waals surface area contributed by atoms with Gasteiger partial charge in [-0.15, -0.1) is 0 Å². The zero-order chi connectivity index (χ0) is 18.9. The molecular formula is C17H21F3N4O2. The Kier molecular flexibility index (Phi) is 5.06. The van der Waals surface area contributed by atoms with Gasteiger partial charge in [0.25, 0.3) is 5.91 Å². The molecule has 2 saturated heterocycles. The van der Waals surface area contributed by atoms with Gasteiger partial charge in [0.1, 0.15) is 11.5 Å². The fourth-order valence-electron chi connectivity index (χ4n) is 3.57. The van der Waals surface area contributed by atoms with Crippen molar-refractivity contribution >= 4 is 17.6 Å². The molecule has 0 atom stereocenters. The molecule has 2 fully saturated rings. The molecule has 2 amide bonds. The molecule has 0 bridgehead atoms. The molecule has 9 heteroatoms. The number of aromatic nitrogens is 1. The van der Waals surface area contributed by atoms with Gasteiger partial charge < -0.3 is 15.5 Å². The average molecular weight is 370 g/mol. The number of hydrogen-bond donors (Lipinski definition) is 1. The van der Waals surface area contributed by atoms with Gasteiger partial charge >= 0.3 is 6.18 Å². The van der Waals surface area contributed by atoms with Crippen LogP contribution in [0.25, 0.3) is 0 Å². The third-order valence-electron chi connectivity index (χ3n) is 4.99. The lowest BCUT2D eigenvalue weighted by molar-refractivity contribution is -0.141. The first-order valence-electron chi connectivity index (χ1n) is 8.69. The Morgan fingerprint density at radius 1 is 1.08 bits per heavy atom. The number of carbonyl (C=O) groups is 2. The molecule has 142 valence electrons. The van der Waals surface area contributed by atoms with Crippen LogP contribution in [0.15, 0.2) is 12.1 Å². The van der Waals surface area contributed by atoms with E-state index in [1.165, 1.54) is 0 Å². The number of nitrogens with zero attached hydrogens (tertiary/aromatic N) is 3. The zero-order valence-electron chi connectivity index (χ0n) is 14.3. The SMILES string of the molecule is NC(=O)c1ccc(C(F)(F)F)nc1N1CCC(C(=O)N2CCCC2)CC1. The zero-order valence-corrected chi connectivity index (χ0v) is 14.3. The number of nitrogens with two attached hydrogens (primary N) is 1. The van der Waals surface area contributed by atoms with Crippen LogP contribution >= 0.6 is 0 Å².